The van der Waals surface area contributed by atoms with Gasteiger partial charge in [0.15, 0.2) is 0 Å². The quantitative estimate of drug-likeness (QED) is 0.313. The summed E-state index contributed by atoms with van der Waals surface area (Å²) in [6.45, 7) is 0.807. The minimum atomic E-state index is -0.529. The Morgan fingerprint density at radius 3 is 2.53 bits per heavy atom. The summed E-state index contributed by atoms with van der Waals surface area (Å²) < 4.78 is 1.88. The number of rotatable bonds is 6. The number of fused-ring (bicyclic) bond motifs is 4. The lowest BCUT2D eigenvalue weighted by molar-refractivity contribution is 0.0629. The standard InChI is InChI=1S/C28H22Cl2N4O3S/c29-17-6-3-5-16(11-17)12-18(15-33-27(36)19-7-1-2-8-20(19)28(33)37)32-26(35)24-13-21-23(38-24)9-4-10-34-25(21)22(30)14-31-34/h1-3,5-8,11,13-14,18H,4,9-10,12,15H2,(H,32,35). The van der Waals surface area contributed by atoms with Crippen LogP contribution in [0.4, 0.5) is 0 Å². The smallest absolute Gasteiger partial charge is 0.261 e. The number of amides is 3. The van der Waals surface area contributed by atoms with E-state index in [1.807, 2.05) is 28.9 Å². The van der Waals surface area contributed by atoms with Crippen LogP contribution < -0.4 is 5.32 Å². The molecular formula is C28H22Cl2N4O3S. The van der Waals surface area contributed by atoms with Gasteiger partial charge in [-0.15, -0.1) is 11.3 Å². The number of halogens is 2. The Labute approximate surface area is 233 Å². The number of carbonyl (C=O) groups excluding carboxylic acids is 3. The first kappa shape index (κ1) is 24.9. The van der Waals surface area contributed by atoms with E-state index >= 15 is 0 Å². The molecule has 1 atom stereocenters. The van der Waals surface area contributed by atoms with Gasteiger partial charge in [-0.3, -0.25) is 24.0 Å². The molecule has 0 bridgehead atoms. The second-order valence-electron chi connectivity index (χ2n) is 9.39. The van der Waals surface area contributed by atoms with Gasteiger partial charge < -0.3 is 5.32 Å². The van der Waals surface area contributed by atoms with E-state index in [2.05, 4.69) is 10.4 Å². The lowest BCUT2D eigenvalue weighted by Crippen LogP contribution is -2.46. The van der Waals surface area contributed by atoms with Crippen LogP contribution in [0.2, 0.25) is 10.0 Å². The van der Waals surface area contributed by atoms with E-state index < -0.39 is 6.04 Å². The minimum absolute atomic E-state index is 0.0360. The van der Waals surface area contributed by atoms with Gasteiger partial charge in [-0.25, -0.2) is 0 Å². The van der Waals surface area contributed by atoms with Gasteiger partial charge in [0.05, 0.1) is 39.0 Å². The van der Waals surface area contributed by atoms with Gasteiger partial charge in [0.2, 0.25) is 0 Å². The number of aryl methyl sites for hydroxylation is 2. The SMILES string of the molecule is O=C(NC(Cc1cccc(Cl)c1)CN1C(=O)c2ccccc2C1=O)c1cc2c(s1)CCCn1ncc(Cl)c1-2. The third-order valence-electron chi connectivity index (χ3n) is 6.84. The number of hydrogen-bond donors (Lipinski definition) is 1. The molecular weight excluding hydrogens is 543 g/mol. The molecule has 38 heavy (non-hydrogen) atoms. The molecule has 10 heteroatoms. The molecule has 2 aliphatic heterocycles. The highest BCUT2D eigenvalue weighted by Crippen LogP contribution is 2.38. The van der Waals surface area contributed by atoms with Crippen molar-refractivity contribution in [1.29, 1.82) is 0 Å². The van der Waals surface area contributed by atoms with Gasteiger partial charge in [-0.1, -0.05) is 47.5 Å². The zero-order chi connectivity index (χ0) is 26.4. The third kappa shape index (κ3) is 4.53. The molecule has 7 nitrogen and oxygen atoms in total. The summed E-state index contributed by atoms with van der Waals surface area (Å²) >= 11 is 14.1. The molecule has 1 N–H and O–H groups in total. The summed E-state index contributed by atoms with van der Waals surface area (Å²) in [6, 6.07) is 15.4. The number of aromatic nitrogens is 2. The van der Waals surface area contributed by atoms with Crippen LogP contribution in [-0.2, 0) is 19.4 Å². The average Bonchev–Trinajstić information content (AvgIpc) is 3.51. The first-order chi connectivity index (χ1) is 18.4. The molecule has 2 aliphatic rings. The molecule has 0 saturated heterocycles. The molecule has 0 radical (unpaired) electrons. The summed E-state index contributed by atoms with van der Waals surface area (Å²) in [5.41, 5.74) is 3.39. The number of nitrogens with one attached hydrogen (secondary N) is 1. The molecule has 0 saturated carbocycles. The predicted molar refractivity (Wildman–Crippen MR) is 147 cm³/mol. The number of nitrogens with zero attached hydrogens (tertiary/aromatic N) is 3. The molecule has 3 amide bonds. The first-order valence-electron chi connectivity index (χ1n) is 12.2. The normalized spacial score (nSPS) is 15.1. The van der Waals surface area contributed by atoms with Crippen LogP contribution in [0.25, 0.3) is 11.3 Å². The molecule has 192 valence electrons. The Bertz CT molecular complexity index is 1560. The van der Waals surface area contributed by atoms with Crippen molar-refractivity contribution < 1.29 is 14.4 Å². The molecule has 0 spiro atoms. The average molecular weight is 565 g/mol. The molecule has 0 fully saturated rings. The van der Waals surface area contributed by atoms with E-state index in [0.29, 0.717) is 32.5 Å². The van der Waals surface area contributed by atoms with E-state index in [1.54, 1.807) is 36.5 Å². The van der Waals surface area contributed by atoms with Crippen LogP contribution in [0.5, 0.6) is 0 Å². The Balaban J connectivity index is 1.28. The fraction of sp³-hybridized carbons (Fsp3) is 0.214. The van der Waals surface area contributed by atoms with E-state index in [1.165, 1.54) is 16.2 Å². The van der Waals surface area contributed by atoms with Gasteiger partial charge in [0, 0.05) is 28.6 Å². The summed E-state index contributed by atoms with van der Waals surface area (Å²) in [4.78, 5) is 42.5. The molecule has 0 aliphatic carbocycles. The van der Waals surface area contributed by atoms with E-state index in [-0.39, 0.29) is 24.3 Å². The maximum atomic E-state index is 13.5. The maximum Gasteiger partial charge on any atom is 0.261 e. The maximum absolute atomic E-state index is 13.5. The Morgan fingerprint density at radius 1 is 1.03 bits per heavy atom. The third-order valence-corrected chi connectivity index (χ3v) is 8.55. The largest absolute Gasteiger partial charge is 0.346 e. The highest BCUT2D eigenvalue weighted by atomic mass is 35.5. The molecule has 2 aromatic heterocycles. The summed E-state index contributed by atoms with van der Waals surface area (Å²) in [5, 5.41) is 8.58. The van der Waals surface area contributed by atoms with Crippen molar-refractivity contribution in [1.82, 2.24) is 20.0 Å². The lowest BCUT2D eigenvalue weighted by Gasteiger charge is -2.24. The van der Waals surface area contributed by atoms with Gasteiger partial charge in [0.25, 0.3) is 17.7 Å². The van der Waals surface area contributed by atoms with E-state index in [0.717, 1.165) is 41.1 Å². The predicted octanol–water partition coefficient (Wildman–Crippen LogP) is 5.50. The fourth-order valence-corrected chi connectivity index (χ4v) is 6.67. The van der Waals surface area contributed by atoms with Crippen LogP contribution >= 0.6 is 34.5 Å². The number of hydrogen-bond acceptors (Lipinski definition) is 5. The molecule has 1 unspecified atom stereocenters. The number of imide groups is 1. The van der Waals surface area contributed by atoms with Crippen molar-refractivity contribution in [2.45, 2.75) is 31.8 Å². The lowest BCUT2D eigenvalue weighted by atomic mass is 10.0. The van der Waals surface area contributed by atoms with Crippen LogP contribution in [0.1, 0.15) is 47.2 Å². The monoisotopic (exact) mass is 564 g/mol. The van der Waals surface area contributed by atoms with Crippen molar-refractivity contribution in [3.8, 4) is 11.3 Å². The Kier molecular flexibility index (Phi) is 6.55. The van der Waals surface area contributed by atoms with Gasteiger partial charge in [-0.05, 0) is 55.2 Å². The van der Waals surface area contributed by atoms with Crippen LogP contribution in [0.3, 0.4) is 0 Å². The minimum Gasteiger partial charge on any atom is -0.346 e. The van der Waals surface area contributed by atoms with Crippen LogP contribution in [0.15, 0.2) is 60.8 Å². The highest BCUT2D eigenvalue weighted by Gasteiger charge is 2.37. The second-order valence-corrected chi connectivity index (χ2v) is 11.4. The van der Waals surface area contributed by atoms with Crippen molar-refractivity contribution >= 4 is 52.3 Å². The van der Waals surface area contributed by atoms with E-state index in [4.69, 9.17) is 23.2 Å². The topological polar surface area (TPSA) is 84.3 Å². The van der Waals surface area contributed by atoms with Gasteiger partial charge >= 0.3 is 0 Å². The molecule has 4 aromatic rings. The van der Waals surface area contributed by atoms with E-state index in [9.17, 15) is 14.4 Å². The van der Waals surface area contributed by atoms with Crippen LogP contribution in [-0.4, -0.2) is 45.0 Å². The van der Waals surface area contributed by atoms with Crippen molar-refractivity contribution in [2.75, 3.05) is 6.54 Å². The highest BCUT2D eigenvalue weighted by molar-refractivity contribution is 7.14. The zero-order valence-electron chi connectivity index (χ0n) is 20.1. The number of thiophene rings is 1. The Morgan fingerprint density at radius 2 is 1.79 bits per heavy atom. The number of benzene rings is 2. The molecule has 4 heterocycles. The van der Waals surface area contributed by atoms with Gasteiger partial charge in [0.1, 0.15) is 0 Å². The van der Waals surface area contributed by atoms with Crippen LogP contribution in [0, 0.1) is 0 Å². The molecule has 2 aromatic carbocycles. The van der Waals surface area contributed by atoms with Crippen molar-refractivity contribution in [3.63, 3.8) is 0 Å². The zero-order valence-corrected chi connectivity index (χ0v) is 22.4. The fourth-order valence-electron chi connectivity index (χ4n) is 5.11. The summed E-state index contributed by atoms with van der Waals surface area (Å²) in [6.07, 6.45) is 3.75. The first-order valence-corrected chi connectivity index (χ1v) is 13.8. The second kappa shape index (κ2) is 10.0. The summed E-state index contributed by atoms with van der Waals surface area (Å²) in [5.74, 6) is -0.989. The number of carbonyl (C=O) groups is 3. The molecule has 6 rings (SSSR count). The van der Waals surface area contributed by atoms with Gasteiger partial charge in [-0.2, -0.15) is 5.10 Å². The Hall–Kier alpha value is -3.46. The van der Waals surface area contributed by atoms with Crippen molar-refractivity contribution in [3.05, 3.63) is 97.3 Å². The van der Waals surface area contributed by atoms with Crippen molar-refractivity contribution in [2.24, 2.45) is 0 Å². The summed E-state index contributed by atoms with van der Waals surface area (Å²) in [7, 11) is 0.